The molecule has 8 nitrogen and oxygen atoms in total. The summed E-state index contributed by atoms with van der Waals surface area (Å²) in [6.07, 6.45) is -3.38. The highest BCUT2D eigenvalue weighted by Gasteiger charge is 2.31. The Morgan fingerprint density at radius 2 is 1.97 bits per heavy atom. The average molecular weight is 605 g/mol. The first kappa shape index (κ1) is 27.2. The zero-order chi connectivity index (χ0) is 26.4. The molecule has 0 aliphatic carbocycles. The number of carbonyl (C=O) groups is 1. The first-order valence-corrected chi connectivity index (χ1v) is 12.4. The Hall–Kier alpha value is -2.80. The van der Waals surface area contributed by atoms with E-state index in [2.05, 4.69) is 31.0 Å². The van der Waals surface area contributed by atoms with Crippen molar-refractivity contribution in [1.82, 2.24) is 14.9 Å². The Morgan fingerprint density at radius 3 is 2.68 bits per heavy atom. The molecule has 1 aromatic heterocycles. The number of carbonyl (C=O) groups excluding carboxylic acids is 1. The van der Waals surface area contributed by atoms with Crippen molar-refractivity contribution in [2.24, 2.45) is 0 Å². The number of alkyl halides is 3. The molecule has 2 heterocycles. The molecule has 1 atom stereocenters. The smallest absolute Gasteiger partial charge is 0.425 e. The van der Waals surface area contributed by atoms with Gasteiger partial charge < -0.3 is 24.3 Å². The topological polar surface area (TPSA) is 83.8 Å². The fourth-order valence-corrected chi connectivity index (χ4v) is 4.25. The predicted octanol–water partition coefficient (Wildman–Crippen LogP) is 5.92. The largest absolute Gasteiger partial charge is 0.573 e. The minimum atomic E-state index is -4.85. The number of hydrogen-bond acceptors (Lipinski definition) is 6. The molecule has 1 fully saturated rings. The number of rotatable bonds is 10. The second-order valence-corrected chi connectivity index (χ2v) is 9.13. The molecule has 1 saturated heterocycles. The Balaban J connectivity index is 1.55. The zero-order valence-electron chi connectivity index (χ0n) is 19.3. The maximum absolute atomic E-state index is 13.1. The summed E-state index contributed by atoms with van der Waals surface area (Å²) in [5.41, 5.74) is 0.939. The molecule has 1 aliphatic rings. The maximum Gasteiger partial charge on any atom is 0.573 e. The van der Waals surface area contributed by atoms with Crippen molar-refractivity contribution in [1.29, 1.82) is 0 Å². The third kappa shape index (κ3) is 7.84. The van der Waals surface area contributed by atoms with Gasteiger partial charge in [-0.1, -0.05) is 29.8 Å². The van der Waals surface area contributed by atoms with Crippen LogP contribution >= 0.6 is 27.5 Å². The molecule has 198 valence electrons. The molecule has 0 bridgehead atoms. The first-order valence-electron chi connectivity index (χ1n) is 11.2. The van der Waals surface area contributed by atoms with Crippen molar-refractivity contribution >= 4 is 33.4 Å². The van der Waals surface area contributed by atoms with E-state index in [1.807, 2.05) is 0 Å². The van der Waals surface area contributed by atoms with Crippen LogP contribution in [0.25, 0.3) is 0 Å². The number of ether oxygens (including phenoxy) is 4. The first-order chi connectivity index (χ1) is 17.7. The molecule has 1 N–H and O–H groups in total. The fourth-order valence-electron chi connectivity index (χ4n) is 3.58. The van der Waals surface area contributed by atoms with Gasteiger partial charge in [-0.15, -0.1) is 13.2 Å². The lowest BCUT2D eigenvalue weighted by molar-refractivity contribution is -0.274. The minimum absolute atomic E-state index is 0.0215. The second-order valence-electron chi connectivity index (χ2n) is 7.94. The van der Waals surface area contributed by atoms with Gasteiger partial charge in [-0.25, -0.2) is 0 Å². The Kier molecular flexibility index (Phi) is 8.95. The van der Waals surface area contributed by atoms with Gasteiger partial charge in [0.25, 0.3) is 5.91 Å². The fraction of sp³-hybridized carbons (Fsp3) is 0.333. The van der Waals surface area contributed by atoms with Gasteiger partial charge in [-0.2, -0.15) is 4.98 Å². The molecule has 1 unspecified atom stereocenters. The highest BCUT2D eigenvalue weighted by molar-refractivity contribution is 9.10. The molecule has 13 heteroatoms. The van der Waals surface area contributed by atoms with Gasteiger partial charge in [0.1, 0.15) is 21.8 Å². The summed E-state index contributed by atoms with van der Waals surface area (Å²) in [7, 11) is 0. The van der Waals surface area contributed by atoms with E-state index in [9.17, 15) is 18.0 Å². The highest BCUT2D eigenvalue weighted by atomic mass is 79.9. The molecule has 0 spiro atoms. The zero-order valence-corrected chi connectivity index (χ0v) is 21.6. The van der Waals surface area contributed by atoms with Gasteiger partial charge in [-0.3, -0.25) is 9.36 Å². The molecule has 1 aliphatic heterocycles. The number of hydrogen-bond donors (Lipinski definition) is 1. The van der Waals surface area contributed by atoms with Crippen molar-refractivity contribution in [3.8, 4) is 17.5 Å². The SMILES string of the molecule is O=C(NCCOC1CCCO1)c1c(Br)nc(Oc2cccc(OC(F)(F)F)c2)n1Cc1ccc(Cl)cc1. The molecule has 37 heavy (non-hydrogen) atoms. The van der Waals surface area contributed by atoms with Crippen molar-refractivity contribution in [3.05, 3.63) is 69.4 Å². The molecule has 4 rings (SSSR count). The molecule has 0 saturated carbocycles. The van der Waals surface area contributed by atoms with Crippen molar-refractivity contribution in [3.63, 3.8) is 0 Å². The van der Waals surface area contributed by atoms with E-state index < -0.39 is 18.0 Å². The van der Waals surface area contributed by atoms with Crippen molar-refractivity contribution in [2.75, 3.05) is 19.8 Å². The monoisotopic (exact) mass is 603 g/mol. The lowest BCUT2D eigenvalue weighted by Crippen LogP contribution is -2.30. The van der Waals surface area contributed by atoms with Crippen LogP contribution in [-0.4, -0.2) is 47.9 Å². The van der Waals surface area contributed by atoms with E-state index in [1.165, 1.54) is 16.7 Å². The van der Waals surface area contributed by atoms with Crippen LogP contribution < -0.4 is 14.8 Å². The summed E-state index contributed by atoms with van der Waals surface area (Å²) < 4.78 is 60.4. The quantitative estimate of drug-likeness (QED) is 0.289. The summed E-state index contributed by atoms with van der Waals surface area (Å²) in [4.78, 5) is 17.4. The van der Waals surface area contributed by atoms with Crippen LogP contribution in [0.4, 0.5) is 13.2 Å². The lowest BCUT2D eigenvalue weighted by Gasteiger charge is -2.14. The Labute approximate surface area is 223 Å². The van der Waals surface area contributed by atoms with E-state index >= 15 is 0 Å². The number of nitrogens with one attached hydrogen (secondary N) is 1. The summed E-state index contributed by atoms with van der Waals surface area (Å²) in [5.74, 6) is -0.870. The number of halogens is 5. The molecule has 3 aromatic rings. The molecule has 0 radical (unpaired) electrons. The van der Waals surface area contributed by atoms with Crippen LogP contribution in [0.1, 0.15) is 28.9 Å². The summed E-state index contributed by atoms with van der Waals surface area (Å²) in [6.45, 7) is 1.31. The van der Waals surface area contributed by atoms with Crippen molar-refractivity contribution in [2.45, 2.75) is 32.0 Å². The van der Waals surface area contributed by atoms with Gasteiger partial charge in [0.2, 0.25) is 0 Å². The van der Waals surface area contributed by atoms with E-state index in [0.717, 1.165) is 30.5 Å². The summed E-state index contributed by atoms with van der Waals surface area (Å²) >= 11 is 9.30. The number of imidazole rings is 1. The molecule has 1 amide bonds. The van der Waals surface area contributed by atoms with Crippen LogP contribution in [-0.2, 0) is 16.0 Å². The van der Waals surface area contributed by atoms with E-state index in [4.69, 9.17) is 25.8 Å². The minimum Gasteiger partial charge on any atom is -0.425 e. The van der Waals surface area contributed by atoms with E-state index in [0.29, 0.717) is 11.6 Å². The number of benzene rings is 2. The molecular weight excluding hydrogens is 583 g/mol. The van der Waals surface area contributed by atoms with Crippen LogP contribution in [0.5, 0.6) is 17.5 Å². The third-order valence-electron chi connectivity index (χ3n) is 5.19. The Bertz CT molecular complexity index is 1220. The van der Waals surface area contributed by atoms with Gasteiger partial charge in [0.05, 0.1) is 13.2 Å². The normalized spacial score (nSPS) is 15.5. The van der Waals surface area contributed by atoms with Crippen LogP contribution in [0.15, 0.2) is 53.1 Å². The van der Waals surface area contributed by atoms with Crippen LogP contribution in [0, 0.1) is 0 Å². The maximum atomic E-state index is 13.1. The Morgan fingerprint density at radius 1 is 1.22 bits per heavy atom. The lowest BCUT2D eigenvalue weighted by atomic mass is 10.2. The summed E-state index contributed by atoms with van der Waals surface area (Å²) in [6, 6.07) is 11.9. The van der Waals surface area contributed by atoms with Gasteiger partial charge in [0, 0.05) is 30.7 Å². The predicted molar refractivity (Wildman–Crippen MR) is 131 cm³/mol. The second kappa shape index (κ2) is 12.2. The van der Waals surface area contributed by atoms with E-state index in [-0.39, 0.29) is 48.0 Å². The van der Waals surface area contributed by atoms with Crippen LogP contribution in [0.2, 0.25) is 5.02 Å². The number of amides is 1. The van der Waals surface area contributed by atoms with Crippen molar-refractivity contribution < 1.29 is 36.9 Å². The highest BCUT2D eigenvalue weighted by Crippen LogP contribution is 2.31. The van der Waals surface area contributed by atoms with Gasteiger partial charge >= 0.3 is 12.4 Å². The summed E-state index contributed by atoms with van der Waals surface area (Å²) in [5, 5.41) is 3.32. The molecule has 2 aromatic carbocycles. The number of nitrogens with zero attached hydrogens (tertiary/aromatic N) is 2. The third-order valence-corrected chi connectivity index (χ3v) is 5.99. The standard InChI is InChI=1S/C24H22BrClF3N3O5/c25-21-20(22(33)30-10-12-35-19-5-2-11-34-19)32(14-15-6-8-16(26)9-7-15)23(31-21)36-17-3-1-4-18(13-17)37-24(27,28)29/h1,3-4,6-9,13,19H,2,5,10-12,14H2,(H,30,33). The van der Waals surface area contributed by atoms with Crippen LogP contribution in [0.3, 0.4) is 0 Å². The average Bonchev–Trinajstić information content (AvgIpc) is 3.45. The van der Waals surface area contributed by atoms with Gasteiger partial charge in [-0.05, 0) is 52.2 Å². The van der Waals surface area contributed by atoms with Gasteiger partial charge in [0.15, 0.2) is 6.29 Å². The molecular formula is C24H22BrClF3N3O5. The number of aromatic nitrogens is 2. The van der Waals surface area contributed by atoms with E-state index in [1.54, 1.807) is 24.3 Å².